The molecule has 0 aliphatic carbocycles. The largest absolute Gasteiger partial charge is 0.463 e. The van der Waals surface area contributed by atoms with Gasteiger partial charge < -0.3 is 24.4 Å². The third kappa shape index (κ3) is 5.84. The number of nitrogens with one attached hydrogen (secondary N) is 1. The summed E-state index contributed by atoms with van der Waals surface area (Å²) >= 11 is 0. The molecule has 0 aromatic rings. The van der Waals surface area contributed by atoms with Gasteiger partial charge in [-0.3, -0.25) is 9.59 Å². The predicted molar refractivity (Wildman–Crippen MR) is 98.2 cm³/mol. The molecule has 2 aliphatic rings. The molecule has 28 heavy (non-hydrogen) atoms. The first kappa shape index (κ1) is 22.0. The lowest BCUT2D eigenvalue weighted by atomic mass is 10.1. The van der Waals surface area contributed by atoms with Gasteiger partial charge in [-0.05, 0) is 54.4 Å². The molecule has 1 N–H and O–H groups in total. The summed E-state index contributed by atoms with van der Waals surface area (Å²) in [6.45, 7) is 10.0. The average molecular weight is 398 g/mol. The zero-order chi connectivity index (χ0) is 21.3. The first-order valence-corrected chi connectivity index (χ1v) is 9.47. The van der Waals surface area contributed by atoms with Crippen molar-refractivity contribution in [1.29, 1.82) is 0 Å². The number of amides is 2. The van der Waals surface area contributed by atoms with Gasteiger partial charge in [0, 0.05) is 6.04 Å². The number of cyclic esters (lactones) is 1. The van der Waals surface area contributed by atoms with Gasteiger partial charge in [-0.15, -0.1) is 0 Å². The van der Waals surface area contributed by atoms with Crippen molar-refractivity contribution in [2.75, 3.05) is 6.61 Å². The maximum atomic E-state index is 13.1. The number of nitrogens with zero attached hydrogens (tertiary/aromatic N) is 1. The van der Waals surface area contributed by atoms with Crippen LogP contribution in [-0.4, -0.2) is 64.8 Å². The molecule has 9 heteroatoms. The molecular weight excluding hydrogens is 368 g/mol. The van der Waals surface area contributed by atoms with E-state index in [2.05, 4.69) is 5.32 Å². The molecule has 3 atom stereocenters. The minimum absolute atomic E-state index is 0.00416. The summed E-state index contributed by atoms with van der Waals surface area (Å²) in [4.78, 5) is 51.3. The highest BCUT2D eigenvalue weighted by Gasteiger charge is 2.47. The van der Waals surface area contributed by atoms with Gasteiger partial charge in [0.25, 0.3) is 0 Å². The lowest BCUT2D eigenvalue weighted by molar-refractivity contribution is -0.167. The number of alkyl carbamates (subject to hydrolysis) is 1. The van der Waals surface area contributed by atoms with Gasteiger partial charge in [0.15, 0.2) is 0 Å². The molecule has 0 unspecified atom stereocenters. The third-order valence-corrected chi connectivity index (χ3v) is 4.24. The molecule has 0 aromatic heterocycles. The van der Waals surface area contributed by atoms with Crippen molar-refractivity contribution in [3.8, 4) is 0 Å². The molecule has 0 spiro atoms. The van der Waals surface area contributed by atoms with Crippen LogP contribution in [0.15, 0.2) is 0 Å². The van der Waals surface area contributed by atoms with E-state index in [9.17, 15) is 19.2 Å². The summed E-state index contributed by atoms with van der Waals surface area (Å²) < 4.78 is 15.7. The van der Waals surface area contributed by atoms with Crippen LogP contribution in [0.25, 0.3) is 0 Å². The van der Waals surface area contributed by atoms with Gasteiger partial charge in [0.2, 0.25) is 5.91 Å². The Bertz CT molecular complexity index is 648. The normalized spacial score (nSPS) is 25.9. The molecule has 2 amide bonds. The number of rotatable bonds is 2. The van der Waals surface area contributed by atoms with Crippen molar-refractivity contribution in [1.82, 2.24) is 10.2 Å². The summed E-state index contributed by atoms with van der Waals surface area (Å²) in [5, 5.41) is 2.45. The second-order valence-electron chi connectivity index (χ2n) is 9.11. The Morgan fingerprint density at radius 1 is 1.04 bits per heavy atom. The molecule has 0 aromatic carbocycles. The van der Waals surface area contributed by atoms with E-state index in [1.54, 1.807) is 41.5 Å². The van der Waals surface area contributed by atoms with Crippen LogP contribution in [0.5, 0.6) is 0 Å². The predicted octanol–water partition coefficient (Wildman–Crippen LogP) is 1.53. The molecule has 2 saturated heterocycles. The van der Waals surface area contributed by atoms with Crippen molar-refractivity contribution in [2.45, 2.75) is 90.1 Å². The van der Waals surface area contributed by atoms with Gasteiger partial charge >= 0.3 is 18.0 Å². The molecule has 158 valence electrons. The van der Waals surface area contributed by atoms with E-state index < -0.39 is 53.3 Å². The van der Waals surface area contributed by atoms with Crippen LogP contribution >= 0.6 is 0 Å². The SMILES string of the molecule is CC(C)(C)OC(=O)N[C@H]1COC(=O)C[C@H]2CC[C@@H](C(=O)OC(C)(C)C)N2C1=O. The van der Waals surface area contributed by atoms with E-state index >= 15 is 0 Å². The fourth-order valence-electron chi connectivity index (χ4n) is 3.25. The van der Waals surface area contributed by atoms with E-state index in [1.807, 2.05) is 0 Å². The molecule has 0 saturated carbocycles. The lowest BCUT2D eigenvalue weighted by Gasteiger charge is -2.35. The third-order valence-electron chi connectivity index (χ3n) is 4.24. The van der Waals surface area contributed by atoms with Crippen molar-refractivity contribution in [3.63, 3.8) is 0 Å². The van der Waals surface area contributed by atoms with Crippen LogP contribution in [0.4, 0.5) is 4.79 Å². The van der Waals surface area contributed by atoms with Crippen LogP contribution < -0.4 is 5.32 Å². The summed E-state index contributed by atoms with van der Waals surface area (Å²) in [6, 6.07) is -2.41. The van der Waals surface area contributed by atoms with Crippen LogP contribution in [-0.2, 0) is 28.6 Å². The van der Waals surface area contributed by atoms with Crippen molar-refractivity contribution in [2.24, 2.45) is 0 Å². The van der Waals surface area contributed by atoms with Crippen LogP contribution in [0.2, 0.25) is 0 Å². The summed E-state index contributed by atoms with van der Waals surface area (Å²) in [5.74, 6) is -1.49. The topological polar surface area (TPSA) is 111 Å². The number of carbonyl (C=O) groups excluding carboxylic acids is 4. The second-order valence-corrected chi connectivity index (χ2v) is 9.11. The Hall–Kier alpha value is -2.32. The smallest absolute Gasteiger partial charge is 0.408 e. The lowest BCUT2D eigenvalue weighted by Crippen LogP contribution is -2.58. The molecule has 2 rings (SSSR count). The van der Waals surface area contributed by atoms with Crippen LogP contribution in [0.3, 0.4) is 0 Å². The van der Waals surface area contributed by atoms with Gasteiger partial charge in [-0.1, -0.05) is 0 Å². The number of carbonyl (C=O) groups is 4. The van der Waals surface area contributed by atoms with E-state index in [-0.39, 0.29) is 13.0 Å². The minimum atomic E-state index is -1.13. The number of ether oxygens (including phenoxy) is 3. The van der Waals surface area contributed by atoms with Crippen molar-refractivity contribution >= 4 is 23.9 Å². The number of fused-ring (bicyclic) bond motifs is 1. The average Bonchev–Trinajstić information content (AvgIpc) is 2.89. The fraction of sp³-hybridized carbons (Fsp3) is 0.789. The van der Waals surface area contributed by atoms with Crippen LogP contribution in [0.1, 0.15) is 60.8 Å². The molecule has 0 radical (unpaired) electrons. The monoisotopic (exact) mass is 398 g/mol. The zero-order valence-electron chi connectivity index (χ0n) is 17.4. The van der Waals surface area contributed by atoms with E-state index in [0.29, 0.717) is 12.8 Å². The van der Waals surface area contributed by atoms with Crippen LogP contribution in [0, 0.1) is 0 Å². The number of hydrogen-bond acceptors (Lipinski definition) is 7. The summed E-state index contributed by atoms with van der Waals surface area (Å²) in [7, 11) is 0. The highest BCUT2D eigenvalue weighted by atomic mass is 16.6. The Morgan fingerprint density at radius 2 is 1.64 bits per heavy atom. The first-order valence-electron chi connectivity index (χ1n) is 9.47. The Kier molecular flexibility index (Phi) is 6.25. The Labute approximate surface area is 165 Å². The quantitative estimate of drug-likeness (QED) is 0.554. The van der Waals surface area contributed by atoms with E-state index in [0.717, 1.165) is 0 Å². The standard InChI is InChI=1S/C19H30N2O7/c1-18(2,3)27-16(24)13-8-7-11-9-14(22)26-10-12(15(23)21(11)13)20-17(25)28-19(4,5)6/h11-13H,7-10H2,1-6H3,(H,20,25)/t11-,12+,13+/m1/s1. The molecule has 2 aliphatic heterocycles. The first-order chi connectivity index (χ1) is 12.8. The highest BCUT2D eigenvalue weighted by Crippen LogP contribution is 2.30. The fourth-order valence-corrected chi connectivity index (χ4v) is 3.25. The molecule has 2 fully saturated rings. The Balaban J connectivity index is 2.21. The van der Waals surface area contributed by atoms with Crippen molar-refractivity contribution in [3.05, 3.63) is 0 Å². The molecule has 2 heterocycles. The summed E-state index contributed by atoms with van der Waals surface area (Å²) in [6.07, 6.45) is 0.0679. The van der Waals surface area contributed by atoms with Gasteiger partial charge in [-0.2, -0.15) is 0 Å². The number of esters is 2. The van der Waals surface area contributed by atoms with E-state index in [4.69, 9.17) is 14.2 Å². The molecular formula is C19H30N2O7. The summed E-state index contributed by atoms with van der Waals surface area (Å²) in [5.41, 5.74) is -1.45. The number of hydrogen-bond donors (Lipinski definition) is 1. The van der Waals surface area contributed by atoms with Crippen molar-refractivity contribution < 1.29 is 33.4 Å². The maximum Gasteiger partial charge on any atom is 0.408 e. The van der Waals surface area contributed by atoms with Gasteiger partial charge in [0.1, 0.15) is 29.9 Å². The molecule has 0 bridgehead atoms. The Morgan fingerprint density at radius 3 is 2.21 bits per heavy atom. The van der Waals surface area contributed by atoms with E-state index in [1.165, 1.54) is 4.90 Å². The maximum absolute atomic E-state index is 13.1. The molecule has 9 nitrogen and oxygen atoms in total. The van der Waals surface area contributed by atoms with Gasteiger partial charge in [0.05, 0.1) is 6.42 Å². The highest BCUT2D eigenvalue weighted by molar-refractivity contribution is 5.92. The minimum Gasteiger partial charge on any atom is -0.463 e. The van der Waals surface area contributed by atoms with Gasteiger partial charge in [-0.25, -0.2) is 9.59 Å². The zero-order valence-corrected chi connectivity index (χ0v) is 17.4. The second kappa shape index (κ2) is 7.97.